The summed E-state index contributed by atoms with van der Waals surface area (Å²) >= 11 is 7.40. The van der Waals surface area contributed by atoms with Crippen LogP contribution >= 0.6 is 11.8 Å². The Hall–Kier alpha value is -1.70. The van der Waals surface area contributed by atoms with Crippen LogP contribution in [0.4, 0.5) is 0 Å². The molecular weight excluding hydrogens is 339 g/mol. The van der Waals surface area contributed by atoms with Crippen molar-refractivity contribution in [2.75, 3.05) is 0 Å². The molecule has 1 N–H and O–H groups in total. The van der Waals surface area contributed by atoms with Crippen molar-refractivity contribution in [1.29, 1.82) is 0 Å². The van der Waals surface area contributed by atoms with Gasteiger partial charge in [-0.15, -0.1) is 16.0 Å². The van der Waals surface area contributed by atoms with Crippen molar-refractivity contribution in [1.82, 2.24) is 10.3 Å². The van der Waals surface area contributed by atoms with Gasteiger partial charge in [-0.2, -0.15) is 0 Å². The first kappa shape index (κ1) is 18.1. The van der Waals surface area contributed by atoms with Gasteiger partial charge in [-0.05, 0) is 28.8 Å². The standard InChI is InChI=1S/C20H16N2S2.Li/c23-19-18(15-11-13-21-14-12-15)22-20(24-19,16-7-3-1-4-8-16)17-9-5-2-6-10-17;/h1-14,22-23H;/q;+1/p-1. The fraction of sp³-hybridized carbons (Fsp3) is 0.0500. The van der Waals surface area contributed by atoms with Gasteiger partial charge in [0.05, 0.1) is 0 Å². The van der Waals surface area contributed by atoms with E-state index >= 15 is 0 Å². The predicted molar refractivity (Wildman–Crippen MR) is 103 cm³/mol. The van der Waals surface area contributed by atoms with Gasteiger partial charge >= 0.3 is 18.9 Å². The zero-order chi connectivity index (χ0) is 16.4. The number of nitrogens with one attached hydrogen (secondary N) is 1. The summed E-state index contributed by atoms with van der Waals surface area (Å²) in [6.07, 6.45) is 3.59. The molecule has 0 atom stereocenters. The summed E-state index contributed by atoms with van der Waals surface area (Å²) in [4.78, 5) is 3.70. The van der Waals surface area contributed by atoms with Crippen LogP contribution in [0.3, 0.4) is 0 Å². The Balaban J connectivity index is 0.00000182. The van der Waals surface area contributed by atoms with Crippen molar-refractivity contribution in [2.45, 2.75) is 4.87 Å². The number of thioether (sulfide) groups is 1. The van der Waals surface area contributed by atoms with Gasteiger partial charge in [-0.25, -0.2) is 0 Å². The molecule has 0 unspecified atom stereocenters. The summed E-state index contributed by atoms with van der Waals surface area (Å²) < 4.78 is 0.869. The largest absolute Gasteiger partial charge is 1.00 e. The number of hydrogen-bond donors (Lipinski definition) is 1. The molecule has 3 aromatic rings. The summed E-state index contributed by atoms with van der Waals surface area (Å²) in [5, 5.41) is 3.71. The molecule has 2 nitrogen and oxygen atoms in total. The average molecular weight is 354 g/mol. The van der Waals surface area contributed by atoms with E-state index in [1.165, 1.54) is 11.1 Å². The van der Waals surface area contributed by atoms with Gasteiger partial charge in [0.25, 0.3) is 0 Å². The van der Waals surface area contributed by atoms with Crippen molar-refractivity contribution in [3.8, 4) is 0 Å². The quantitative estimate of drug-likeness (QED) is 0.569. The molecule has 0 saturated carbocycles. The number of aromatic nitrogens is 1. The minimum Gasteiger partial charge on any atom is -0.771 e. The molecule has 2 heterocycles. The van der Waals surface area contributed by atoms with Crippen LogP contribution in [0.25, 0.3) is 5.70 Å². The van der Waals surface area contributed by atoms with Gasteiger partial charge in [0.1, 0.15) is 4.87 Å². The Kier molecular flexibility index (Phi) is 5.56. The number of benzene rings is 2. The summed E-state index contributed by atoms with van der Waals surface area (Å²) in [7, 11) is 0. The number of hydrogen-bond acceptors (Lipinski definition) is 4. The molecule has 1 aliphatic heterocycles. The Morgan fingerprint density at radius 3 is 1.84 bits per heavy atom. The van der Waals surface area contributed by atoms with Crippen LogP contribution in [0, 0.1) is 0 Å². The summed E-state index contributed by atoms with van der Waals surface area (Å²) in [5.41, 5.74) is 4.43. The molecule has 0 bridgehead atoms. The second-order valence-electron chi connectivity index (χ2n) is 5.54. The van der Waals surface area contributed by atoms with Gasteiger partial charge in [-0.3, -0.25) is 4.98 Å². The number of pyridine rings is 1. The Bertz CT molecular complexity index is 828. The molecule has 2 aromatic carbocycles. The van der Waals surface area contributed by atoms with E-state index in [9.17, 15) is 0 Å². The number of nitrogens with zero attached hydrogens (tertiary/aromatic N) is 1. The molecule has 0 fully saturated rings. The van der Waals surface area contributed by atoms with Crippen molar-refractivity contribution < 1.29 is 18.9 Å². The van der Waals surface area contributed by atoms with E-state index < -0.39 is 4.87 Å². The van der Waals surface area contributed by atoms with E-state index in [-0.39, 0.29) is 18.9 Å². The third-order valence-electron chi connectivity index (χ3n) is 4.08. The fourth-order valence-electron chi connectivity index (χ4n) is 2.93. The maximum Gasteiger partial charge on any atom is 1.00 e. The van der Waals surface area contributed by atoms with Crippen LogP contribution < -0.4 is 24.2 Å². The summed E-state index contributed by atoms with van der Waals surface area (Å²) in [6.45, 7) is 0. The van der Waals surface area contributed by atoms with Crippen LogP contribution in [-0.2, 0) is 17.5 Å². The number of rotatable bonds is 3. The third kappa shape index (κ3) is 3.36. The maximum absolute atomic E-state index is 5.71. The van der Waals surface area contributed by atoms with Crippen molar-refractivity contribution in [2.24, 2.45) is 0 Å². The monoisotopic (exact) mass is 354 g/mol. The van der Waals surface area contributed by atoms with E-state index in [1.807, 2.05) is 24.3 Å². The van der Waals surface area contributed by atoms with Crippen LogP contribution in [0.2, 0.25) is 0 Å². The zero-order valence-electron chi connectivity index (χ0n) is 13.8. The van der Waals surface area contributed by atoms with E-state index in [0.29, 0.717) is 0 Å². The average Bonchev–Trinajstić information content (AvgIpc) is 3.03. The van der Waals surface area contributed by atoms with Crippen LogP contribution in [0.1, 0.15) is 16.7 Å². The Morgan fingerprint density at radius 1 is 0.800 bits per heavy atom. The first-order chi connectivity index (χ1) is 11.8. The second kappa shape index (κ2) is 7.68. The molecule has 0 aliphatic carbocycles. The third-order valence-corrected chi connectivity index (χ3v) is 5.80. The smallest absolute Gasteiger partial charge is 0.771 e. The first-order valence-corrected chi connectivity index (χ1v) is 8.92. The fourth-order valence-corrected chi connectivity index (χ4v) is 4.68. The van der Waals surface area contributed by atoms with E-state index in [2.05, 4.69) is 58.8 Å². The summed E-state index contributed by atoms with van der Waals surface area (Å²) in [5.74, 6) is 0. The van der Waals surface area contributed by atoms with Gasteiger partial charge in [0, 0.05) is 18.1 Å². The molecule has 0 amide bonds. The summed E-state index contributed by atoms with van der Waals surface area (Å²) in [6, 6.07) is 24.9. The molecular formula is C20H15LiN2S2. The van der Waals surface area contributed by atoms with Crippen molar-refractivity contribution in [3.63, 3.8) is 0 Å². The van der Waals surface area contributed by atoms with Crippen LogP contribution in [0.5, 0.6) is 0 Å². The topological polar surface area (TPSA) is 24.9 Å². The second-order valence-corrected chi connectivity index (χ2v) is 7.43. The molecule has 5 heteroatoms. The van der Waals surface area contributed by atoms with Gasteiger partial charge in [-0.1, -0.05) is 60.7 Å². The molecule has 0 saturated heterocycles. The van der Waals surface area contributed by atoms with Crippen LogP contribution in [0.15, 0.2) is 89.4 Å². The van der Waals surface area contributed by atoms with E-state index in [0.717, 1.165) is 15.5 Å². The predicted octanol–water partition coefficient (Wildman–Crippen LogP) is 1.50. The molecule has 25 heavy (non-hydrogen) atoms. The van der Waals surface area contributed by atoms with Gasteiger partial charge in [0.2, 0.25) is 0 Å². The normalized spacial score (nSPS) is 15.4. The van der Waals surface area contributed by atoms with Crippen LogP contribution in [-0.4, -0.2) is 4.98 Å². The Morgan fingerprint density at radius 2 is 1.32 bits per heavy atom. The van der Waals surface area contributed by atoms with Gasteiger partial charge < -0.3 is 17.9 Å². The first-order valence-electron chi connectivity index (χ1n) is 7.69. The molecule has 0 spiro atoms. The SMILES string of the molecule is [Li+].[S-]C1=C(c2ccncc2)NC(c2ccccc2)(c2ccccc2)S1. The molecule has 1 aromatic heterocycles. The molecule has 1 aliphatic rings. The molecule has 118 valence electrons. The molecule has 0 radical (unpaired) electrons. The minimum atomic E-state index is -0.405. The van der Waals surface area contributed by atoms with E-state index in [1.54, 1.807) is 24.2 Å². The maximum atomic E-state index is 5.71. The zero-order valence-corrected chi connectivity index (χ0v) is 15.5. The minimum absolute atomic E-state index is 0. The van der Waals surface area contributed by atoms with E-state index in [4.69, 9.17) is 12.6 Å². The van der Waals surface area contributed by atoms with Gasteiger partial charge in [0.15, 0.2) is 0 Å². The van der Waals surface area contributed by atoms with Crippen molar-refractivity contribution in [3.05, 3.63) is 106 Å². The molecule has 4 rings (SSSR count). The van der Waals surface area contributed by atoms with Crippen molar-refractivity contribution >= 4 is 30.1 Å². The Labute approximate surface area is 169 Å².